The third-order valence-corrected chi connectivity index (χ3v) is 5.93. The molecule has 2 N–H and O–H groups in total. The summed E-state index contributed by atoms with van der Waals surface area (Å²) in [6.07, 6.45) is 0.637. The van der Waals surface area contributed by atoms with Crippen LogP contribution in [0.1, 0.15) is 22.3 Å². The molecular formula is C21H19N3O3S. The van der Waals surface area contributed by atoms with Crippen LogP contribution in [0, 0.1) is 0 Å². The van der Waals surface area contributed by atoms with E-state index in [4.69, 9.17) is 0 Å². The first-order valence-electron chi connectivity index (χ1n) is 9.00. The van der Waals surface area contributed by atoms with E-state index in [2.05, 4.69) is 15.0 Å². The molecule has 1 aliphatic heterocycles. The summed E-state index contributed by atoms with van der Waals surface area (Å²) in [6.45, 7) is 0.967. The minimum absolute atomic E-state index is 0.122. The van der Waals surface area contributed by atoms with Crippen molar-refractivity contribution in [3.05, 3.63) is 77.9 Å². The molecule has 1 aliphatic rings. The number of nitrogens with one attached hydrogen (secondary N) is 2. The largest absolute Gasteiger partial charge is 0.369 e. The smallest absolute Gasteiger partial charge is 0.285 e. The zero-order valence-corrected chi connectivity index (χ0v) is 15.9. The van der Waals surface area contributed by atoms with Crippen LogP contribution in [0.5, 0.6) is 0 Å². The van der Waals surface area contributed by atoms with Gasteiger partial charge in [-0.15, -0.1) is 4.40 Å². The van der Waals surface area contributed by atoms with E-state index in [0.29, 0.717) is 36.5 Å². The molecule has 3 aromatic carbocycles. The second kappa shape index (κ2) is 7.44. The van der Waals surface area contributed by atoms with Gasteiger partial charge in [-0.1, -0.05) is 48.5 Å². The Balaban J connectivity index is 1.33. The fourth-order valence-electron chi connectivity index (χ4n) is 3.25. The summed E-state index contributed by atoms with van der Waals surface area (Å²) in [5.41, 5.74) is 1.23. The fourth-order valence-corrected chi connectivity index (χ4v) is 4.44. The number of carbonyl (C=O) groups excluding carboxylic acids is 1. The van der Waals surface area contributed by atoms with E-state index in [1.807, 2.05) is 42.5 Å². The number of fused-ring (bicyclic) bond motifs is 2. The van der Waals surface area contributed by atoms with Crippen molar-refractivity contribution in [2.24, 2.45) is 4.40 Å². The minimum atomic E-state index is -3.61. The molecule has 0 saturated heterocycles. The lowest BCUT2D eigenvalue weighted by Gasteiger charge is -2.09. The molecule has 0 unspecified atom stereocenters. The summed E-state index contributed by atoms with van der Waals surface area (Å²) in [5, 5.41) is 7.91. The molecule has 0 saturated carbocycles. The zero-order chi connectivity index (χ0) is 19.6. The van der Waals surface area contributed by atoms with E-state index in [1.54, 1.807) is 24.3 Å². The van der Waals surface area contributed by atoms with Gasteiger partial charge < -0.3 is 10.6 Å². The average molecular weight is 393 g/mol. The summed E-state index contributed by atoms with van der Waals surface area (Å²) in [7, 11) is -3.61. The molecule has 0 atom stereocenters. The van der Waals surface area contributed by atoms with Crippen molar-refractivity contribution in [2.45, 2.75) is 11.3 Å². The molecule has 28 heavy (non-hydrogen) atoms. The number of carbonyl (C=O) groups is 1. The van der Waals surface area contributed by atoms with Crippen molar-refractivity contribution >= 4 is 32.5 Å². The van der Waals surface area contributed by atoms with Gasteiger partial charge in [-0.2, -0.15) is 8.42 Å². The monoisotopic (exact) mass is 393 g/mol. The highest BCUT2D eigenvalue weighted by atomic mass is 32.2. The lowest BCUT2D eigenvalue weighted by Crippen LogP contribution is -2.29. The Hall–Kier alpha value is -3.19. The third kappa shape index (κ3) is 3.48. The van der Waals surface area contributed by atoms with Gasteiger partial charge in [0.15, 0.2) is 0 Å². The van der Waals surface area contributed by atoms with Gasteiger partial charge in [0.05, 0.1) is 0 Å². The summed E-state index contributed by atoms with van der Waals surface area (Å²) >= 11 is 0. The van der Waals surface area contributed by atoms with Gasteiger partial charge in [0.25, 0.3) is 15.9 Å². The van der Waals surface area contributed by atoms with Gasteiger partial charge in [0.1, 0.15) is 10.7 Å². The number of hydrogen-bond acceptors (Lipinski definition) is 4. The molecule has 142 valence electrons. The van der Waals surface area contributed by atoms with Crippen LogP contribution in [0.25, 0.3) is 10.8 Å². The Morgan fingerprint density at radius 2 is 1.64 bits per heavy atom. The standard InChI is InChI=1S/C21H19N3O3S/c25-21(17-11-5-8-15-7-1-2-9-16(15)17)23-14-6-13-22-20-18-10-3-4-12-19(18)28(26,27)24-20/h1-5,7-12H,6,13-14H2,(H,22,24)(H,23,25). The molecule has 0 fully saturated rings. The maximum atomic E-state index is 12.5. The lowest BCUT2D eigenvalue weighted by atomic mass is 10.0. The van der Waals surface area contributed by atoms with Crippen molar-refractivity contribution < 1.29 is 13.2 Å². The van der Waals surface area contributed by atoms with Gasteiger partial charge in [-0.25, -0.2) is 0 Å². The minimum Gasteiger partial charge on any atom is -0.369 e. The van der Waals surface area contributed by atoms with Crippen LogP contribution in [0.3, 0.4) is 0 Å². The molecular weight excluding hydrogens is 374 g/mol. The Kier molecular flexibility index (Phi) is 4.83. The van der Waals surface area contributed by atoms with Gasteiger partial charge >= 0.3 is 0 Å². The summed E-state index contributed by atoms with van der Waals surface area (Å²) in [5.74, 6) is 0.235. The van der Waals surface area contributed by atoms with E-state index >= 15 is 0 Å². The van der Waals surface area contributed by atoms with Gasteiger partial charge in [0.2, 0.25) is 0 Å². The first-order valence-corrected chi connectivity index (χ1v) is 10.4. The van der Waals surface area contributed by atoms with E-state index in [9.17, 15) is 13.2 Å². The molecule has 0 radical (unpaired) electrons. The third-order valence-electron chi connectivity index (χ3n) is 4.60. The molecule has 1 amide bonds. The van der Waals surface area contributed by atoms with E-state index in [1.165, 1.54) is 0 Å². The zero-order valence-electron chi connectivity index (χ0n) is 15.1. The molecule has 0 aliphatic carbocycles. The summed E-state index contributed by atoms with van der Waals surface area (Å²) in [6, 6.07) is 20.2. The summed E-state index contributed by atoms with van der Waals surface area (Å²) in [4.78, 5) is 12.7. The molecule has 7 heteroatoms. The van der Waals surface area contributed by atoms with E-state index < -0.39 is 10.0 Å². The first kappa shape index (κ1) is 18.2. The average Bonchev–Trinajstić information content (AvgIpc) is 2.97. The molecule has 3 aromatic rings. The molecule has 0 aromatic heterocycles. The summed E-state index contributed by atoms with van der Waals surface area (Å²) < 4.78 is 27.8. The van der Waals surface area contributed by atoms with Crippen molar-refractivity contribution in [1.29, 1.82) is 0 Å². The van der Waals surface area contributed by atoms with E-state index in [0.717, 1.165) is 10.8 Å². The lowest BCUT2D eigenvalue weighted by molar-refractivity contribution is 0.0955. The van der Waals surface area contributed by atoms with Crippen LogP contribution in [-0.4, -0.2) is 33.3 Å². The van der Waals surface area contributed by atoms with Crippen LogP contribution < -0.4 is 10.6 Å². The topological polar surface area (TPSA) is 87.6 Å². The number of sulfonamides is 1. The van der Waals surface area contributed by atoms with Crippen LogP contribution in [0.2, 0.25) is 0 Å². The van der Waals surface area contributed by atoms with Gasteiger partial charge in [-0.3, -0.25) is 4.79 Å². The Labute approximate surface area is 163 Å². The fraction of sp³-hybridized carbons (Fsp3) is 0.143. The highest BCUT2D eigenvalue weighted by Gasteiger charge is 2.27. The predicted molar refractivity (Wildman–Crippen MR) is 109 cm³/mol. The maximum absolute atomic E-state index is 12.5. The van der Waals surface area contributed by atoms with Crippen molar-refractivity contribution in [3.63, 3.8) is 0 Å². The Bertz CT molecular complexity index is 1180. The highest BCUT2D eigenvalue weighted by Crippen LogP contribution is 2.24. The molecule has 0 bridgehead atoms. The molecule has 4 rings (SSSR count). The Morgan fingerprint density at radius 3 is 2.54 bits per heavy atom. The number of hydrogen-bond donors (Lipinski definition) is 2. The first-order chi connectivity index (χ1) is 13.6. The highest BCUT2D eigenvalue weighted by molar-refractivity contribution is 7.90. The maximum Gasteiger partial charge on any atom is 0.285 e. The normalized spacial score (nSPS) is 14.4. The van der Waals surface area contributed by atoms with Crippen LogP contribution in [0.4, 0.5) is 0 Å². The molecule has 6 nitrogen and oxygen atoms in total. The second-order valence-electron chi connectivity index (χ2n) is 6.47. The van der Waals surface area contributed by atoms with Crippen molar-refractivity contribution in [1.82, 2.24) is 10.6 Å². The predicted octanol–water partition coefficient (Wildman–Crippen LogP) is 2.70. The second-order valence-corrected chi connectivity index (χ2v) is 8.05. The van der Waals surface area contributed by atoms with Crippen molar-refractivity contribution in [3.8, 4) is 0 Å². The van der Waals surface area contributed by atoms with Crippen molar-refractivity contribution in [2.75, 3.05) is 13.1 Å². The number of benzene rings is 3. The number of amidine groups is 1. The van der Waals surface area contributed by atoms with E-state index in [-0.39, 0.29) is 10.8 Å². The number of rotatable bonds is 5. The van der Waals surface area contributed by atoms with Gasteiger partial charge in [-0.05, 0) is 35.4 Å². The van der Waals surface area contributed by atoms with Crippen LogP contribution in [-0.2, 0) is 10.0 Å². The van der Waals surface area contributed by atoms with Crippen LogP contribution in [0.15, 0.2) is 76.0 Å². The van der Waals surface area contributed by atoms with Gasteiger partial charge in [0, 0.05) is 24.2 Å². The molecule has 1 heterocycles. The SMILES string of the molecule is O=C(NCCCNC1=NS(=O)(=O)c2ccccc21)c1cccc2ccccc12. The quantitative estimate of drug-likeness (QED) is 0.653. The number of amides is 1. The Morgan fingerprint density at radius 1 is 0.893 bits per heavy atom. The van der Waals surface area contributed by atoms with Crippen LogP contribution >= 0.6 is 0 Å². The number of nitrogens with zero attached hydrogens (tertiary/aromatic N) is 1. The molecule has 0 spiro atoms.